The van der Waals surface area contributed by atoms with Crippen molar-refractivity contribution >= 4 is 28.9 Å². The van der Waals surface area contributed by atoms with Crippen LogP contribution in [0.25, 0.3) is 0 Å². The minimum atomic E-state index is -0.146. The number of carbonyl (C=O) groups excluding carboxylic acids is 1. The largest absolute Gasteiger partial charge is 0.344 e. The Labute approximate surface area is 156 Å². The lowest BCUT2D eigenvalue weighted by atomic mass is 10.1. The van der Waals surface area contributed by atoms with Gasteiger partial charge in [-0.3, -0.25) is 4.79 Å². The van der Waals surface area contributed by atoms with Gasteiger partial charge >= 0.3 is 0 Å². The standard InChI is InChI=1S/C19H21N5OS/c1-11-8-12(2)21-19(20-11)24-16-7-5-6-15(9-16)18(25)22-13(3)17-10-26-14(4)23-17/h5-10,13H,1-4H3,(H,22,25)(H,20,21,24). The SMILES string of the molecule is Cc1cc(C)nc(Nc2cccc(C(=O)NC(C)c3csc(C)n3)c2)n1. The molecule has 2 heterocycles. The minimum absolute atomic E-state index is 0.145. The van der Waals surface area contributed by atoms with E-state index in [0.717, 1.165) is 27.8 Å². The number of amides is 1. The molecule has 6 nitrogen and oxygen atoms in total. The maximum atomic E-state index is 12.6. The molecule has 0 saturated carbocycles. The maximum Gasteiger partial charge on any atom is 0.251 e. The van der Waals surface area contributed by atoms with Crippen molar-refractivity contribution in [3.63, 3.8) is 0 Å². The highest BCUT2D eigenvalue weighted by Gasteiger charge is 2.14. The zero-order valence-corrected chi connectivity index (χ0v) is 16.0. The van der Waals surface area contributed by atoms with Crippen LogP contribution in [0.15, 0.2) is 35.7 Å². The molecule has 26 heavy (non-hydrogen) atoms. The zero-order valence-electron chi connectivity index (χ0n) is 15.2. The van der Waals surface area contributed by atoms with Crippen molar-refractivity contribution in [2.45, 2.75) is 33.7 Å². The number of aromatic nitrogens is 3. The molecule has 1 aromatic carbocycles. The first kappa shape index (κ1) is 18.0. The molecule has 3 aromatic rings. The maximum absolute atomic E-state index is 12.6. The third-order valence-electron chi connectivity index (χ3n) is 3.79. The second-order valence-corrected chi connectivity index (χ2v) is 7.23. The average molecular weight is 367 g/mol. The van der Waals surface area contributed by atoms with E-state index >= 15 is 0 Å². The van der Waals surface area contributed by atoms with Gasteiger partial charge in [-0.15, -0.1) is 11.3 Å². The van der Waals surface area contributed by atoms with Gasteiger partial charge in [0.2, 0.25) is 5.95 Å². The average Bonchev–Trinajstić information content (AvgIpc) is 3.01. The molecule has 7 heteroatoms. The number of nitrogens with zero attached hydrogens (tertiary/aromatic N) is 3. The molecular weight excluding hydrogens is 346 g/mol. The van der Waals surface area contributed by atoms with Gasteiger partial charge in [0.15, 0.2) is 0 Å². The number of aryl methyl sites for hydroxylation is 3. The molecule has 3 rings (SSSR count). The summed E-state index contributed by atoms with van der Waals surface area (Å²) in [5.41, 5.74) is 3.99. The smallest absolute Gasteiger partial charge is 0.251 e. The summed E-state index contributed by atoms with van der Waals surface area (Å²) in [6.07, 6.45) is 0. The summed E-state index contributed by atoms with van der Waals surface area (Å²) < 4.78 is 0. The third-order valence-corrected chi connectivity index (χ3v) is 4.58. The van der Waals surface area contributed by atoms with Crippen LogP contribution in [0.3, 0.4) is 0 Å². The van der Waals surface area contributed by atoms with E-state index in [1.165, 1.54) is 0 Å². The summed E-state index contributed by atoms with van der Waals surface area (Å²) in [6, 6.07) is 9.04. The Balaban J connectivity index is 1.72. The number of benzene rings is 1. The molecule has 2 aromatic heterocycles. The molecule has 0 aliphatic rings. The van der Waals surface area contributed by atoms with Crippen LogP contribution in [0.1, 0.15) is 45.4 Å². The molecule has 0 bridgehead atoms. The number of nitrogens with one attached hydrogen (secondary N) is 2. The summed E-state index contributed by atoms with van der Waals surface area (Å²) in [5.74, 6) is 0.375. The van der Waals surface area contributed by atoms with Crippen molar-refractivity contribution < 1.29 is 4.79 Å². The lowest BCUT2D eigenvalue weighted by Crippen LogP contribution is -2.26. The van der Waals surface area contributed by atoms with Crippen LogP contribution in [0, 0.1) is 20.8 Å². The number of thiazole rings is 1. The molecule has 2 N–H and O–H groups in total. The summed E-state index contributed by atoms with van der Waals surface area (Å²) in [7, 11) is 0. The molecule has 0 saturated heterocycles. The van der Waals surface area contributed by atoms with Gasteiger partial charge in [0, 0.05) is 28.0 Å². The normalized spacial score (nSPS) is 11.8. The van der Waals surface area contributed by atoms with E-state index < -0.39 is 0 Å². The third kappa shape index (κ3) is 4.43. The first-order valence-corrected chi connectivity index (χ1v) is 9.21. The lowest BCUT2D eigenvalue weighted by Gasteiger charge is -2.13. The van der Waals surface area contributed by atoms with Crippen LogP contribution < -0.4 is 10.6 Å². The predicted octanol–water partition coefficient (Wildman–Crippen LogP) is 4.09. The van der Waals surface area contributed by atoms with Gasteiger partial charge < -0.3 is 10.6 Å². The van der Waals surface area contributed by atoms with Crippen LogP contribution >= 0.6 is 11.3 Å². The fraction of sp³-hybridized carbons (Fsp3) is 0.263. The predicted molar refractivity (Wildman–Crippen MR) is 104 cm³/mol. The highest BCUT2D eigenvalue weighted by Crippen LogP contribution is 2.18. The monoisotopic (exact) mass is 367 g/mol. The van der Waals surface area contributed by atoms with E-state index in [2.05, 4.69) is 25.6 Å². The first-order chi connectivity index (χ1) is 12.4. The van der Waals surface area contributed by atoms with Crippen molar-refractivity contribution in [1.82, 2.24) is 20.3 Å². The van der Waals surface area contributed by atoms with Crippen LogP contribution in [-0.4, -0.2) is 20.9 Å². The number of hydrogen-bond acceptors (Lipinski definition) is 6. The van der Waals surface area contributed by atoms with Gasteiger partial charge in [-0.05, 0) is 52.0 Å². The van der Waals surface area contributed by atoms with E-state index in [1.807, 2.05) is 51.3 Å². The number of carbonyl (C=O) groups is 1. The Kier molecular flexibility index (Phi) is 5.27. The van der Waals surface area contributed by atoms with Crippen LogP contribution in [-0.2, 0) is 0 Å². The van der Waals surface area contributed by atoms with Gasteiger partial charge in [-0.25, -0.2) is 15.0 Å². The highest BCUT2D eigenvalue weighted by atomic mass is 32.1. The molecule has 1 amide bonds. The van der Waals surface area contributed by atoms with Crippen LogP contribution in [0.2, 0.25) is 0 Å². The molecule has 1 atom stereocenters. The number of rotatable bonds is 5. The first-order valence-electron chi connectivity index (χ1n) is 8.33. The van der Waals surface area contributed by atoms with E-state index in [4.69, 9.17) is 0 Å². The molecule has 0 aliphatic carbocycles. The van der Waals surface area contributed by atoms with Gasteiger partial charge in [0.25, 0.3) is 5.91 Å². The summed E-state index contributed by atoms with van der Waals surface area (Å²) in [4.78, 5) is 25.7. The summed E-state index contributed by atoms with van der Waals surface area (Å²) in [6.45, 7) is 7.72. The van der Waals surface area contributed by atoms with Crippen molar-refractivity contribution in [2.75, 3.05) is 5.32 Å². The molecule has 134 valence electrons. The molecule has 0 spiro atoms. The van der Waals surface area contributed by atoms with Gasteiger partial charge in [0.1, 0.15) is 0 Å². The Morgan fingerprint density at radius 2 is 1.81 bits per heavy atom. The molecule has 0 radical (unpaired) electrons. The van der Waals surface area contributed by atoms with Crippen LogP contribution in [0.5, 0.6) is 0 Å². The highest BCUT2D eigenvalue weighted by molar-refractivity contribution is 7.09. The Bertz CT molecular complexity index is 917. The van der Waals surface area contributed by atoms with Crippen molar-refractivity contribution in [1.29, 1.82) is 0 Å². The zero-order chi connectivity index (χ0) is 18.7. The van der Waals surface area contributed by atoms with Crippen LogP contribution in [0.4, 0.5) is 11.6 Å². The topological polar surface area (TPSA) is 79.8 Å². The Morgan fingerprint density at radius 1 is 1.08 bits per heavy atom. The van der Waals surface area contributed by atoms with Crippen molar-refractivity contribution in [2.24, 2.45) is 0 Å². The van der Waals surface area contributed by atoms with Gasteiger partial charge in [-0.2, -0.15) is 0 Å². The van der Waals surface area contributed by atoms with Crippen molar-refractivity contribution in [3.8, 4) is 0 Å². The second-order valence-electron chi connectivity index (χ2n) is 6.17. The van der Waals surface area contributed by atoms with E-state index in [0.29, 0.717) is 11.5 Å². The van der Waals surface area contributed by atoms with E-state index in [1.54, 1.807) is 23.5 Å². The molecular formula is C19H21N5OS. The van der Waals surface area contributed by atoms with Crippen molar-refractivity contribution in [3.05, 3.63) is 63.4 Å². The Hall–Kier alpha value is -2.80. The number of anilines is 2. The Morgan fingerprint density at radius 3 is 2.46 bits per heavy atom. The number of hydrogen-bond donors (Lipinski definition) is 2. The molecule has 0 aliphatic heterocycles. The molecule has 0 fully saturated rings. The second kappa shape index (κ2) is 7.61. The van der Waals surface area contributed by atoms with E-state index in [9.17, 15) is 4.79 Å². The fourth-order valence-electron chi connectivity index (χ4n) is 2.58. The molecule has 1 unspecified atom stereocenters. The summed E-state index contributed by atoms with van der Waals surface area (Å²) >= 11 is 1.58. The van der Waals surface area contributed by atoms with Gasteiger partial charge in [-0.1, -0.05) is 6.07 Å². The minimum Gasteiger partial charge on any atom is -0.344 e. The lowest BCUT2D eigenvalue weighted by molar-refractivity contribution is 0.0939. The summed E-state index contributed by atoms with van der Waals surface area (Å²) in [5, 5.41) is 9.09. The fourth-order valence-corrected chi connectivity index (χ4v) is 3.29. The van der Waals surface area contributed by atoms with E-state index in [-0.39, 0.29) is 11.9 Å². The quantitative estimate of drug-likeness (QED) is 0.710. The van der Waals surface area contributed by atoms with Gasteiger partial charge in [0.05, 0.1) is 16.7 Å².